The van der Waals surface area contributed by atoms with E-state index in [2.05, 4.69) is 53.1 Å². The Morgan fingerprint density at radius 3 is 2.84 bits per heavy atom. The maximum atomic E-state index is 4.28. The van der Waals surface area contributed by atoms with Crippen LogP contribution in [0, 0.1) is 6.92 Å². The zero-order valence-corrected chi connectivity index (χ0v) is 12.0. The Bertz CT molecular complexity index is 644. The lowest BCUT2D eigenvalue weighted by atomic mass is 10.1. The lowest BCUT2D eigenvalue weighted by molar-refractivity contribution is 0.654. The fraction of sp³-hybridized carbons (Fsp3) is 0.267. The molecular weight excluding hydrogens is 254 g/mol. The van der Waals surface area contributed by atoms with Crippen molar-refractivity contribution in [2.24, 2.45) is 7.05 Å². The minimum absolute atomic E-state index is 0.832. The molecule has 98 valence electrons. The van der Waals surface area contributed by atoms with Crippen molar-refractivity contribution in [2.75, 3.05) is 0 Å². The van der Waals surface area contributed by atoms with Gasteiger partial charge in [0.2, 0.25) is 0 Å². The van der Waals surface area contributed by atoms with Crippen molar-refractivity contribution in [2.45, 2.75) is 20.0 Å². The molecule has 19 heavy (non-hydrogen) atoms. The van der Waals surface area contributed by atoms with E-state index in [0.29, 0.717) is 0 Å². The van der Waals surface area contributed by atoms with Crippen molar-refractivity contribution in [3.8, 4) is 0 Å². The van der Waals surface area contributed by atoms with Crippen LogP contribution in [0.1, 0.15) is 16.3 Å². The average Bonchev–Trinajstić information content (AvgIpc) is 3.02. The van der Waals surface area contributed by atoms with Crippen LogP contribution in [0.4, 0.5) is 0 Å². The van der Waals surface area contributed by atoms with Crippen molar-refractivity contribution in [1.82, 2.24) is 14.9 Å². The number of thiazole rings is 1. The first-order chi connectivity index (χ1) is 9.27. The van der Waals surface area contributed by atoms with Gasteiger partial charge in [-0.2, -0.15) is 0 Å². The fourth-order valence-corrected chi connectivity index (χ4v) is 3.10. The third-order valence-corrected chi connectivity index (χ3v) is 4.34. The minimum atomic E-state index is 0.832. The molecule has 0 radical (unpaired) electrons. The average molecular weight is 271 g/mol. The summed E-state index contributed by atoms with van der Waals surface area (Å²) in [6.45, 7) is 3.90. The largest absolute Gasteiger partial charge is 0.346 e. The van der Waals surface area contributed by atoms with E-state index in [0.717, 1.165) is 18.1 Å². The first-order valence-electron chi connectivity index (χ1n) is 6.39. The van der Waals surface area contributed by atoms with Crippen LogP contribution in [0.15, 0.2) is 35.8 Å². The monoisotopic (exact) mass is 271 g/mol. The Morgan fingerprint density at radius 2 is 2.11 bits per heavy atom. The van der Waals surface area contributed by atoms with Gasteiger partial charge in [-0.15, -0.1) is 11.3 Å². The van der Waals surface area contributed by atoms with Crippen LogP contribution < -0.4 is 5.32 Å². The third-order valence-electron chi connectivity index (χ3n) is 3.56. The molecule has 4 heteroatoms. The summed E-state index contributed by atoms with van der Waals surface area (Å²) >= 11 is 1.69. The molecule has 0 aliphatic heterocycles. The highest BCUT2D eigenvalue weighted by Crippen LogP contribution is 2.24. The molecule has 0 saturated carbocycles. The van der Waals surface area contributed by atoms with Gasteiger partial charge in [0, 0.05) is 48.3 Å². The molecule has 0 amide bonds. The summed E-state index contributed by atoms with van der Waals surface area (Å²) in [6.07, 6.45) is 1.85. The van der Waals surface area contributed by atoms with Gasteiger partial charge in [-0.05, 0) is 18.6 Å². The van der Waals surface area contributed by atoms with Crippen LogP contribution in [-0.2, 0) is 20.1 Å². The van der Waals surface area contributed by atoms with Crippen LogP contribution in [-0.4, -0.2) is 9.55 Å². The van der Waals surface area contributed by atoms with Gasteiger partial charge in [0.15, 0.2) is 0 Å². The SMILES string of the molecule is Cc1c(CNCc2nccs2)n(C)c2ccccc12. The van der Waals surface area contributed by atoms with Gasteiger partial charge in [-0.25, -0.2) is 4.98 Å². The Labute approximate surface area is 116 Å². The lowest BCUT2D eigenvalue weighted by Gasteiger charge is -2.06. The minimum Gasteiger partial charge on any atom is -0.346 e. The summed E-state index contributed by atoms with van der Waals surface area (Å²) < 4.78 is 2.28. The van der Waals surface area contributed by atoms with E-state index in [4.69, 9.17) is 0 Å². The number of rotatable bonds is 4. The molecule has 0 spiro atoms. The molecule has 0 fully saturated rings. The molecule has 0 unspecified atom stereocenters. The molecule has 3 rings (SSSR count). The second-order valence-corrected chi connectivity index (χ2v) is 5.66. The van der Waals surface area contributed by atoms with E-state index in [1.807, 2.05) is 11.6 Å². The highest BCUT2D eigenvalue weighted by Gasteiger charge is 2.10. The Morgan fingerprint density at radius 1 is 1.26 bits per heavy atom. The van der Waals surface area contributed by atoms with Crippen molar-refractivity contribution in [3.63, 3.8) is 0 Å². The van der Waals surface area contributed by atoms with Gasteiger partial charge in [-0.1, -0.05) is 18.2 Å². The summed E-state index contributed by atoms with van der Waals surface area (Å²) in [5, 5.41) is 7.97. The van der Waals surface area contributed by atoms with E-state index in [1.165, 1.54) is 22.2 Å². The first-order valence-corrected chi connectivity index (χ1v) is 7.27. The van der Waals surface area contributed by atoms with Gasteiger partial charge >= 0.3 is 0 Å². The topological polar surface area (TPSA) is 29.9 Å². The van der Waals surface area contributed by atoms with Gasteiger partial charge in [0.05, 0.1) is 0 Å². The molecule has 3 aromatic rings. The molecule has 1 aromatic carbocycles. The van der Waals surface area contributed by atoms with E-state index >= 15 is 0 Å². The van der Waals surface area contributed by atoms with Crippen molar-refractivity contribution >= 4 is 22.2 Å². The molecule has 3 nitrogen and oxygen atoms in total. The van der Waals surface area contributed by atoms with Crippen LogP contribution in [0.25, 0.3) is 10.9 Å². The lowest BCUT2D eigenvalue weighted by Crippen LogP contribution is -2.15. The molecule has 0 aliphatic rings. The molecule has 0 atom stereocenters. The number of fused-ring (bicyclic) bond motifs is 1. The van der Waals surface area contributed by atoms with Crippen LogP contribution in [0.5, 0.6) is 0 Å². The predicted molar refractivity (Wildman–Crippen MR) is 80.3 cm³/mol. The number of aromatic nitrogens is 2. The van der Waals surface area contributed by atoms with Crippen LogP contribution in [0.3, 0.4) is 0 Å². The van der Waals surface area contributed by atoms with E-state index < -0.39 is 0 Å². The molecular formula is C15H17N3S. The molecule has 1 N–H and O–H groups in total. The fourth-order valence-electron chi connectivity index (χ4n) is 2.51. The van der Waals surface area contributed by atoms with Gasteiger partial charge in [0.1, 0.15) is 5.01 Å². The summed E-state index contributed by atoms with van der Waals surface area (Å²) in [5.74, 6) is 0. The van der Waals surface area contributed by atoms with E-state index in [1.54, 1.807) is 11.3 Å². The molecule has 0 bridgehead atoms. The Balaban J connectivity index is 1.81. The van der Waals surface area contributed by atoms with E-state index in [9.17, 15) is 0 Å². The second-order valence-electron chi connectivity index (χ2n) is 4.68. The molecule has 2 aromatic heterocycles. The maximum Gasteiger partial charge on any atom is 0.106 e. The summed E-state index contributed by atoms with van der Waals surface area (Å²) in [6, 6.07) is 8.55. The summed E-state index contributed by atoms with van der Waals surface area (Å²) in [5.41, 5.74) is 4.01. The number of nitrogens with one attached hydrogen (secondary N) is 1. The van der Waals surface area contributed by atoms with Gasteiger partial charge < -0.3 is 9.88 Å². The molecule has 0 aliphatic carbocycles. The Hall–Kier alpha value is -1.65. The van der Waals surface area contributed by atoms with Crippen molar-refractivity contribution in [3.05, 3.63) is 52.1 Å². The Kier molecular flexibility index (Phi) is 3.36. The number of benzene rings is 1. The second kappa shape index (κ2) is 5.15. The number of hydrogen-bond donors (Lipinski definition) is 1. The first kappa shape index (κ1) is 12.4. The number of aryl methyl sites for hydroxylation is 2. The summed E-state index contributed by atoms with van der Waals surface area (Å²) in [7, 11) is 2.13. The van der Waals surface area contributed by atoms with Gasteiger partial charge in [-0.3, -0.25) is 0 Å². The third kappa shape index (κ3) is 2.29. The number of para-hydroxylation sites is 1. The quantitative estimate of drug-likeness (QED) is 0.789. The molecule has 2 heterocycles. The van der Waals surface area contributed by atoms with Crippen molar-refractivity contribution in [1.29, 1.82) is 0 Å². The van der Waals surface area contributed by atoms with Crippen LogP contribution in [0.2, 0.25) is 0 Å². The standard InChI is InChI=1S/C15H17N3S/c1-11-12-5-3-4-6-13(12)18(2)14(11)9-16-10-15-17-7-8-19-15/h3-8,16H,9-10H2,1-2H3. The highest BCUT2D eigenvalue weighted by atomic mass is 32.1. The molecule has 0 saturated heterocycles. The van der Waals surface area contributed by atoms with Gasteiger partial charge in [0.25, 0.3) is 0 Å². The number of nitrogens with zero attached hydrogens (tertiary/aromatic N) is 2. The van der Waals surface area contributed by atoms with Crippen LogP contribution >= 0.6 is 11.3 Å². The summed E-state index contributed by atoms with van der Waals surface area (Å²) in [4.78, 5) is 4.28. The van der Waals surface area contributed by atoms with E-state index in [-0.39, 0.29) is 0 Å². The predicted octanol–water partition coefficient (Wildman–Crippen LogP) is 3.23. The van der Waals surface area contributed by atoms with Crippen molar-refractivity contribution < 1.29 is 0 Å². The normalized spacial score (nSPS) is 11.3. The smallest absolute Gasteiger partial charge is 0.106 e. The highest BCUT2D eigenvalue weighted by molar-refractivity contribution is 7.09. The number of hydrogen-bond acceptors (Lipinski definition) is 3. The zero-order chi connectivity index (χ0) is 13.2. The maximum absolute atomic E-state index is 4.28. The zero-order valence-electron chi connectivity index (χ0n) is 11.2.